The minimum atomic E-state index is -4.49. The van der Waals surface area contributed by atoms with Crippen LogP contribution in [0.3, 0.4) is 0 Å². The van der Waals surface area contributed by atoms with E-state index in [0.29, 0.717) is 21.4 Å². The fourth-order valence-corrected chi connectivity index (χ4v) is 3.72. The van der Waals surface area contributed by atoms with Crippen LogP contribution in [-0.4, -0.2) is 15.3 Å². The highest BCUT2D eigenvalue weighted by atomic mass is 35.5. The second-order valence-corrected chi connectivity index (χ2v) is 7.22. The number of aromatic nitrogens is 2. The number of rotatable bonds is 3. The van der Waals surface area contributed by atoms with Gasteiger partial charge in [-0.1, -0.05) is 29.8 Å². The van der Waals surface area contributed by atoms with Gasteiger partial charge in [0.15, 0.2) is 10.7 Å². The number of amides is 1. The van der Waals surface area contributed by atoms with Crippen LogP contribution in [0.15, 0.2) is 60.1 Å². The topological polar surface area (TPSA) is 46.4 Å². The number of nitrogens with one attached hydrogen (secondary N) is 1. The number of imidazole rings is 1. The highest BCUT2D eigenvalue weighted by molar-refractivity contribution is 7.15. The minimum Gasteiger partial charge on any atom is -0.321 e. The molecule has 0 unspecified atom stereocenters. The summed E-state index contributed by atoms with van der Waals surface area (Å²) in [5, 5.41) is 4.88. The molecule has 0 aliphatic rings. The van der Waals surface area contributed by atoms with Gasteiger partial charge in [-0.25, -0.2) is 4.98 Å². The molecule has 4 nitrogen and oxygen atoms in total. The second kappa shape index (κ2) is 6.96. The summed E-state index contributed by atoms with van der Waals surface area (Å²) in [6.07, 6.45) is -2.82. The molecule has 0 radical (unpaired) electrons. The summed E-state index contributed by atoms with van der Waals surface area (Å²) in [6, 6.07) is 11.4. The lowest BCUT2D eigenvalue weighted by Crippen LogP contribution is -2.14. The molecular weight excluding hydrogens is 411 g/mol. The minimum absolute atomic E-state index is 0.0335. The number of thiazole rings is 1. The normalized spacial score (nSPS) is 11.7. The lowest BCUT2D eigenvalue weighted by Gasteiger charge is -2.10. The van der Waals surface area contributed by atoms with Crippen LogP contribution in [0.1, 0.15) is 16.1 Å². The highest BCUT2D eigenvalue weighted by Crippen LogP contribution is 2.34. The van der Waals surface area contributed by atoms with Gasteiger partial charge in [0.1, 0.15) is 0 Å². The van der Waals surface area contributed by atoms with Gasteiger partial charge < -0.3 is 5.32 Å². The molecule has 1 amide bonds. The third-order valence-corrected chi connectivity index (χ3v) is 5.01. The van der Waals surface area contributed by atoms with Crippen LogP contribution in [-0.2, 0) is 6.18 Å². The molecular formula is C19H11ClF3N3OS. The Morgan fingerprint density at radius 3 is 2.68 bits per heavy atom. The van der Waals surface area contributed by atoms with E-state index in [9.17, 15) is 18.0 Å². The molecule has 0 bridgehead atoms. The maximum absolute atomic E-state index is 13.1. The Morgan fingerprint density at radius 1 is 1.14 bits per heavy atom. The van der Waals surface area contributed by atoms with Gasteiger partial charge in [-0.2, -0.15) is 13.2 Å². The molecule has 2 aromatic heterocycles. The molecule has 142 valence electrons. The molecule has 4 rings (SSSR count). The molecule has 2 heterocycles. The van der Waals surface area contributed by atoms with Crippen molar-refractivity contribution in [2.75, 3.05) is 5.32 Å². The average Bonchev–Trinajstić information content (AvgIpc) is 3.22. The molecule has 0 spiro atoms. The summed E-state index contributed by atoms with van der Waals surface area (Å²) < 4.78 is 41.0. The number of nitrogens with zero attached hydrogens (tertiary/aromatic N) is 2. The van der Waals surface area contributed by atoms with E-state index in [4.69, 9.17) is 11.6 Å². The largest absolute Gasteiger partial charge is 0.416 e. The van der Waals surface area contributed by atoms with E-state index in [1.165, 1.54) is 23.5 Å². The smallest absolute Gasteiger partial charge is 0.321 e. The van der Waals surface area contributed by atoms with Gasteiger partial charge in [-0.3, -0.25) is 9.20 Å². The zero-order valence-electron chi connectivity index (χ0n) is 14.0. The van der Waals surface area contributed by atoms with Gasteiger partial charge >= 0.3 is 6.18 Å². The highest BCUT2D eigenvalue weighted by Gasteiger charge is 2.31. The molecule has 1 N–H and O–H groups in total. The van der Waals surface area contributed by atoms with Gasteiger partial charge in [-0.05, 0) is 30.3 Å². The van der Waals surface area contributed by atoms with Crippen LogP contribution in [0.5, 0.6) is 0 Å². The quantitative estimate of drug-likeness (QED) is 0.442. The number of carbonyl (C=O) groups excluding carboxylic acids is 1. The summed E-state index contributed by atoms with van der Waals surface area (Å²) in [4.78, 5) is 17.6. The lowest BCUT2D eigenvalue weighted by atomic mass is 10.1. The molecule has 9 heteroatoms. The van der Waals surface area contributed by atoms with Crippen LogP contribution in [0.25, 0.3) is 16.2 Å². The zero-order valence-corrected chi connectivity index (χ0v) is 15.6. The van der Waals surface area contributed by atoms with Crippen LogP contribution in [0, 0.1) is 0 Å². The van der Waals surface area contributed by atoms with E-state index in [-0.39, 0.29) is 11.3 Å². The average molecular weight is 422 g/mol. The van der Waals surface area contributed by atoms with Crippen molar-refractivity contribution in [2.45, 2.75) is 6.18 Å². The fourth-order valence-electron chi connectivity index (χ4n) is 2.82. The monoisotopic (exact) mass is 421 g/mol. The van der Waals surface area contributed by atoms with Crippen molar-refractivity contribution in [1.82, 2.24) is 9.38 Å². The number of carbonyl (C=O) groups is 1. The van der Waals surface area contributed by atoms with Gasteiger partial charge in [0.05, 0.1) is 11.3 Å². The molecule has 0 aliphatic heterocycles. The van der Waals surface area contributed by atoms with Crippen molar-refractivity contribution >= 4 is 39.5 Å². The lowest BCUT2D eigenvalue weighted by molar-refractivity contribution is -0.137. The number of alkyl halides is 3. The summed E-state index contributed by atoms with van der Waals surface area (Å²) in [5.74, 6) is -0.537. The number of fused-ring (bicyclic) bond motifs is 1. The first-order valence-electron chi connectivity index (χ1n) is 8.03. The van der Waals surface area contributed by atoms with Gasteiger partial charge in [0.25, 0.3) is 5.91 Å². The summed E-state index contributed by atoms with van der Waals surface area (Å²) in [7, 11) is 0. The molecule has 28 heavy (non-hydrogen) atoms. The van der Waals surface area contributed by atoms with E-state index in [1.54, 1.807) is 40.2 Å². The Kier molecular flexibility index (Phi) is 4.60. The summed E-state index contributed by atoms with van der Waals surface area (Å²) >= 11 is 7.21. The summed E-state index contributed by atoms with van der Waals surface area (Å²) in [5.41, 5.74) is 0.241. The van der Waals surface area contributed by atoms with Crippen molar-refractivity contribution in [2.24, 2.45) is 0 Å². The van der Waals surface area contributed by atoms with Crippen molar-refractivity contribution in [3.8, 4) is 11.3 Å². The van der Waals surface area contributed by atoms with E-state index in [2.05, 4.69) is 10.3 Å². The van der Waals surface area contributed by atoms with Crippen molar-refractivity contribution < 1.29 is 18.0 Å². The van der Waals surface area contributed by atoms with Crippen molar-refractivity contribution in [3.63, 3.8) is 0 Å². The number of hydrogen-bond donors (Lipinski definition) is 1. The Hall–Kier alpha value is -2.84. The number of anilines is 1. The number of benzene rings is 2. The van der Waals surface area contributed by atoms with Gasteiger partial charge in [0.2, 0.25) is 0 Å². The Labute approximate surface area is 166 Å². The first-order chi connectivity index (χ1) is 13.3. The third kappa shape index (κ3) is 3.48. The molecule has 0 atom stereocenters. The van der Waals surface area contributed by atoms with Gasteiger partial charge in [0, 0.05) is 27.9 Å². The van der Waals surface area contributed by atoms with Crippen LogP contribution in [0.2, 0.25) is 5.02 Å². The molecule has 0 saturated carbocycles. The predicted molar refractivity (Wildman–Crippen MR) is 103 cm³/mol. The maximum atomic E-state index is 13.1. The van der Waals surface area contributed by atoms with E-state index < -0.39 is 17.6 Å². The van der Waals surface area contributed by atoms with Crippen molar-refractivity contribution in [1.29, 1.82) is 0 Å². The fraction of sp³-hybridized carbons (Fsp3) is 0.0526. The molecule has 4 aromatic rings. The first-order valence-corrected chi connectivity index (χ1v) is 9.29. The standard InChI is InChI=1S/C19H11ClF3N3OS/c20-13-5-2-6-14(10-13)24-17(27)15-16(26-7-8-28-18(26)25-15)11-3-1-4-12(9-11)19(21,22)23/h1-10H,(H,24,27). The van der Waals surface area contributed by atoms with Gasteiger partial charge in [-0.15, -0.1) is 11.3 Å². The van der Waals surface area contributed by atoms with Crippen LogP contribution in [0.4, 0.5) is 18.9 Å². The maximum Gasteiger partial charge on any atom is 0.416 e. The molecule has 2 aromatic carbocycles. The third-order valence-electron chi connectivity index (χ3n) is 4.02. The molecule has 0 aliphatic carbocycles. The Balaban J connectivity index is 1.81. The molecule has 0 fully saturated rings. The zero-order chi connectivity index (χ0) is 19.9. The summed E-state index contributed by atoms with van der Waals surface area (Å²) in [6.45, 7) is 0. The van der Waals surface area contributed by atoms with E-state index in [1.807, 2.05) is 0 Å². The van der Waals surface area contributed by atoms with Crippen LogP contribution >= 0.6 is 22.9 Å². The van der Waals surface area contributed by atoms with Crippen molar-refractivity contribution in [3.05, 3.63) is 76.4 Å². The number of hydrogen-bond acceptors (Lipinski definition) is 3. The molecule has 0 saturated heterocycles. The van der Waals surface area contributed by atoms with E-state index >= 15 is 0 Å². The Bertz CT molecular complexity index is 1180. The SMILES string of the molecule is O=C(Nc1cccc(Cl)c1)c1nc2sccn2c1-c1cccc(C(F)(F)F)c1. The van der Waals surface area contributed by atoms with E-state index in [0.717, 1.165) is 12.1 Å². The second-order valence-electron chi connectivity index (χ2n) is 5.91. The van der Waals surface area contributed by atoms with Crippen LogP contribution < -0.4 is 5.32 Å². The predicted octanol–water partition coefficient (Wildman–Crippen LogP) is 5.99. The first kappa shape index (κ1) is 18.5. The number of halogens is 4. The Morgan fingerprint density at radius 2 is 1.93 bits per heavy atom.